The Labute approximate surface area is 151 Å². The molecule has 1 amide bonds. The number of carbonyl (C=O) groups is 1. The van der Waals surface area contributed by atoms with Crippen LogP contribution in [0.25, 0.3) is 22.1 Å². The first-order chi connectivity index (χ1) is 12.3. The van der Waals surface area contributed by atoms with Crippen LogP contribution in [0.3, 0.4) is 0 Å². The van der Waals surface area contributed by atoms with Crippen molar-refractivity contribution in [3.05, 3.63) is 36.7 Å². The third-order valence-corrected chi connectivity index (χ3v) is 3.66. The molecule has 0 aliphatic heterocycles. The van der Waals surface area contributed by atoms with Gasteiger partial charge in [-0.15, -0.1) is 0 Å². The van der Waals surface area contributed by atoms with E-state index in [0.29, 0.717) is 22.8 Å². The molecule has 0 bridgehead atoms. The van der Waals surface area contributed by atoms with Crippen LogP contribution < -0.4 is 15.8 Å². The number of pyridine rings is 1. The molecule has 0 saturated heterocycles. The fourth-order valence-corrected chi connectivity index (χ4v) is 2.60. The van der Waals surface area contributed by atoms with Crippen LogP contribution in [0.2, 0.25) is 0 Å². The molecule has 0 atom stereocenters. The highest BCUT2D eigenvalue weighted by molar-refractivity contribution is 6.01. The Hall–Kier alpha value is -3.22. The number of amides is 1. The van der Waals surface area contributed by atoms with E-state index in [2.05, 4.69) is 10.3 Å². The van der Waals surface area contributed by atoms with Crippen LogP contribution in [0.4, 0.5) is 16.3 Å². The minimum absolute atomic E-state index is 0.390. The number of fused-ring (bicyclic) bond motifs is 1. The van der Waals surface area contributed by atoms with Crippen molar-refractivity contribution in [1.29, 1.82) is 0 Å². The fourth-order valence-electron chi connectivity index (χ4n) is 2.60. The lowest BCUT2D eigenvalue weighted by Gasteiger charge is -2.20. The number of rotatable bonds is 3. The Bertz CT molecular complexity index is 957. The lowest BCUT2D eigenvalue weighted by atomic mass is 10.0. The zero-order valence-corrected chi connectivity index (χ0v) is 15.1. The average molecular weight is 355 g/mol. The average Bonchev–Trinajstić information content (AvgIpc) is 2.99. The number of hydrogen-bond donors (Lipinski definition) is 2. The molecule has 0 aliphatic rings. The monoisotopic (exact) mass is 355 g/mol. The Morgan fingerprint density at radius 1 is 1.27 bits per heavy atom. The molecule has 3 rings (SSSR count). The molecule has 0 radical (unpaired) electrons. The van der Waals surface area contributed by atoms with Crippen molar-refractivity contribution in [2.75, 3.05) is 18.2 Å². The van der Waals surface area contributed by atoms with Gasteiger partial charge < -0.3 is 19.6 Å². The van der Waals surface area contributed by atoms with E-state index in [1.165, 1.54) is 7.11 Å². The minimum atomic E-state index is -0.586. The van der Waals surface area contributed by atoms with Crippen molar-refractivity contribution in [3.63, 3.8) is 0 Å². The van der Waals surface area contributed by atoms with E-state index in [9.17, 15) is 4.79 Å². The maximum atomic E-state index is 12.0. The summed E-state index contributed by atoms with van der Waals surface area (Å²) in [4.78, 5) is 16.1. The summed E-state index contributed by atoms with van der Waals surface area (Å²) in [6, 6.07) is 7.13. The van der Waals surface area contributed by atoms with E-state index in [4.69, 9.17) is 19.6 Å². The van der Waals surface area contributed by atoms with Crippen LogP contribution in [0, 0.1) is 0 Å². The SMILES string of the molecule is COc1cc(-c2coc3ccnc(N)c23)ccc1NC(=O)OC(C)(C)C. The number of benzene rings is 1. The summed E-state index contributed by atoms with van der Waals surface area (Å²) < 4.78 is 16.2. The van der Waals surface area contributed by atoms with Crippen molar-refractivity contribution < 1.29 is 18.7 Å². The Morgan fingerprint density at radius 2 is 2.04 bits per heavy atom. The molecule has 26 heavy (non-hydrogen) atoms. The van der Waals surface area contributed by atoms with Crippen molar-refractivity contribution in [2.45, 2.75) is 26.4 Å². The molecule has 2 aromatic heterocycles. The lowest BCUT2D eigenvalue weighted by molar-refractivity contribution is 0.0635. The van der Waals surface area contributed by atoms with Gasteiger partial charge in [-0.3, -0.25) is 5.32 Å². The van der Waals surface area contributed by atoms with Crippen LogP contribution in [-0.4, -0.2) is 23.8 Å². The number of carbonyl (C=O) groups excluding carboxylic acids is 1. The van der Waals surface area contributed by atoms with Gasteiger partial charge in [0.15, 0.2) is 0 Å². The molecule has 136 valence electrons. The van der Waals surface area contributed by atoms with Crippen LogP contribution in [0.15, 0.2) is 41.1 Å². The smallest absolute Gasteiger partial charge is 0.412 e. The maximum Gasteiger partial charge on any atom is 0.412 e. The lowest BCUT2D eigenvalue weighted by Crippen LogP contribution is -2.27. The molecule has 0 saturated carbocycles. The van der Waals surface area contributed by atoms with Gasteiger partial charge in [0.2, 0.25) is 0 Å². The number of hydrogen-bond acceptors (Lipinski definition) is 6. The standard InChI is InChI=1S/C19H21N3O4/c1-19(2,3)26-18(23)22-13-6-5-11(9-15(13)24-4)12-10-25-14-7-8-21-17(20)16(12)14/h5-10H,1-4H3,(H2,20,21)(H,22,23). The van der Waals surface area contributed by atoms with E-state index in [-0.39, 0.29) is 0 Å². The summed E-state index contributed by atoms with van der Waals surface area (Å²) >= 11 is 0. The van der Waals surface area contributed by atoms with Gasteiger partial charge in [0, 0.05) is 11.8 Å². The highest BCUT2D eigenvalue weighted by Crippen LogP contribution is 2.37. The number of nitrogens with one attached hydrogen (secondary N) is 1. The van der Waals surface area contributed by atoms with Crippen LogP contribution in [-0.2, 0) is 4.74 Å². The fraction of sp³-hybridized carbons (Fsp3) is 0.263. The van der Waals surface area contributed by atoms with E-state index in [1.807, 2.05) is 6.07 Å². The molecule has 0 fully saturated rings. The van der Waals surface area contributed by atoms with Gasteiger partial charge in [-0.25, -0.2) is 9.78 Å². The molecule has 3 aromatic rings. The second-order valence-electron chi connectivity index (χ2n) is 6.76. The summed E-state index contributed by atoms with van der Waals surface area (Å²) in [6.07, 6.45) is 2.67. The minimum Gasteiger partial charge on any atom is -0.495 e. The van der Waals surface area contributed by atoms with Crippen molar-refractivity contribution >= 4 is 28.6 Å². The maximum absolute atomic E-state index is 12.0. The van der Waals surface area contributed by atoms with Gasteiger partial charge >= 0.3 is 6.09 Å². The van der Waals surface area contributed by atoms with Gasteiger partial charge in [-0.05, 0) is 44.5 Å². The first kappa shape index (κ1) is 17.6. The molecule has 2 heterocycles. The highest BCUT2D eigenvalue weighted by atomic mass is 16.6. The molecular formula is C19H21N3O4. The predicted octanol–water partition coefficient (Wildman–Crippen LogP) is 4.43. The highest BCUT2D eigenvalue weighted by Gasteiger charge is 2.18. The summed E-state index contributed by atoms with van der Waals surface area (Å²) in [5.41, 5.74) is 8.19. The molecular weight excluding hydrogens is 334 g/mol. The number of furan rings is 1. The number of nitrogens with zero attached hydrogens (tertiary/aromatic N) is 1. The molecule has 7 nitrogen and oxygen atoms in total. The number of aromatic nitrogens is 1. The van der Waals surface area contributed by atoms with Crippen LogP contribution in [0.5, 0.6) is 5.75 Å². The van der Waals surface area contributed by atoms with E-state index in [1.54, 1.807) is 51.4 Å². The summed E-state index contributed by atoms with van der Waals surface area (Å²) in [5, 5.41) is 3.43. The van der Waals surface area contributed by atoms with Gasteiger partial charge in [0.1, 0.15) is 22.8 Å². The van der Waals surface area contributed by atoms with E-state index >= 15 is 0 Å². The summed E-state index contributed by atoms with van der Waals surface area (Å²) in [7, 11) is 1.53. The quantitative estimate of drug-likeness (QED) is 0.721. The molecule has 0 spiro atoms. The Balaban J connectivity index is 1.95. The number of nitrogens with two attached hydrogens (primary N) is 1. The number of anilines is 2. The largest absolute Gasteiger partial charge is 0.495 e. The summed E-state index contributed by atoms with van der Waals surface area (Å²) in [5.74, 6) is 0.881. The van der Waals surface area contributed by atoms with Crippen molar-refractivity contribution in [1.82, 2.24) is 4.98 Å². The number of methoxy groups -OCH3 is 1. The van der Waals surface area contributed by atoms with Crippen molar-refractivity contribution in [2.24, 2.45) is 0 Å². The molecule has 0 unspecified atom stereocenters. The number of nitrogen functional groups attached to an aromatic ring is 1. The molecule has 1 aromatic carbocycles. The Morgan fingerprint density at radius 3 is 2.73 bits per heavy atom. The molecule has 0 aliphatic carbocycles. The second-order valence-corrected chi connectivity index (χ2v) is 6.76. The number of ether oxygens (including phenoxy) is 2. The van der Waals surface area contributed by atoms with Gasteiger partial charge in [0.25, 0.3) is 0 Å². The van der Waals surface area contributed by atoms with E-state index in [0.717, 1.165) is 16.5 Å². The van der Waals surface area contributed by atoms with Crippen molar-refractivity contribution in [3.8, 4) is 16.9 Å². The van der Waals surface area contributed by atoms with E-state index < -0.39 is 11.7 Å². The van der Waals surface area contributed by atoms with Crippen LogP contribution in [0.1, 0.15) is 20.8 Å². The first-order valence-electron chi connectivity index (χ1n) is 8.08. The third kappa shape index (κ3) is 3.56. The third-order valence-electron chi connectivity index (χ3n) is 3.66. The predicted molar refractivity (Wildman–Crippen MR) is 100 cm³/mol. The second kappa shape index (κ2) is 6.59. The van der Waals surface area contributed by atoms with Gasteiger partial charge in [-0.1, -0.05) is 6.07 Å². The zero-order chi connectivity index (χ0) is 18.9. The van der Waals surface area contributed by atoms with Gasteiger partial charge in [-0.2, -0.15) is 0 Å². The normalized spacial score (nSPS) is 11.4. The molecule has 3 N–H and O–H groups in total. The first-order valence-corrected chi connectivity index (χ1v) is 8.08. The van der Waals surface area contributed by atoms with Crippen LogP contribution >= 0.6 is 0 Å². The topological polar surface area (TPSA) is 99.6 Å². The Kier molecular flexibility index (Phi) is 4.46. The summed E-state index contributed by atoms with van der Waals surface area (Å²) in [6.45, 7) is 5.40. The molecule has 7 heteroatoms. The zero-order valence-electron chi connectivity index (χ0n) is 15.1. The van der Waals surface area contributed by atoms with Gasteiger partial charge in [0.05, 0.1) is 24.4 Å².